The minimum atomic E-state index is -1.03. The summed E-state index contributed by atoms with van der Waals surface area (Å²) in [7, 11) is 0. The molecule has 7 nitrogen and oxygen atoms in total. The SMILES string of the molecule is C=C(C)C1CCC2(C(=O)NCc3ccc(F)c(C(=O)NCc4ccc(C(=O)O)cc4)c3)CCC3C(CCC4C3(C)CCC3C(C)(C)C(O)CCC34C)C12. The van der Waals surface area contributed by atoms with E-state index in [4.69, 9.17) is 5.11 Å². The molecule has 0 aliphatic heterocycles. The number of aliphatic hydroxyl groups is 1. The number of hydrogen-bond acceptors (Lipinski definition) is 4. The summed E-state index contributed by atoms with van der Waals surface area (Å²) in [5.74, 6) is 0.551. The number of carboxylic acid groups (broad SMARTS) is 1. The van der Waals surface area contributed by atoms with Gasteiger partial charge in [0.2, 0.25) is 5.91 Å². The maximum atomic E-state index is 14.9. The Kier molecular flexibility index (Phi) is 9.73. The summed E-state index contributed by atoms with van der Waals surface area (Å²) in [5.41, 5.74) is 2.48. The van der Waals surface area contributed by atoms with E-state index in [1.165, 1.54) is 42.7 Å². The van der Waals surface area contributed by atoms with E-state index in [2.05, 4.69) is 51.8 Å². The van der Waals surface area contributed by atoms with E-state index in [0.29, 0.717) is 40.7 Å². The highest BCUT2D eigenvalue weighted by atomic mass is 19.1. The van der Waals surface area contributed by atoms with Gasteiger partial charge in [-0.05, 0) is 158 Å². The second-order valence-corrected chi connectivity index (χ2v) is 18.8. The number of carboxylic acids is 1. The number of aromatic carboxylic acids is 1. The highest BCUT2D eigenvalue weighted by molar-refractivity contribution is 5.94. The number of allylic oxidation sites excluding steroid dienone is 1. The molecule has 0 bridgehead atoms. The standard InChI is InChI=1S/C45H59FN2O5/c1-26(2)30-15-21-45(41(53)48-25-28-9-13-34(46)32(23-28)39(50)47-24-27-7-10-29(11-8-27)40(51)52)22-16-33-31(38(30)45)12-14-36-43(33,5)19-17-35-42(3,4)37(49)18-20-44(35,36)6/h7-11,13,23,30-31,33,35-38,49H,1,12,14-22,24-25H2,2-6H3,(H,47,50)(H,48,53)(H,51,52). The predicted molar refractivity (Wildman–Crippen MR) is 203 cm³/mol. The van der Waals surface area contributed by atoms with Crippen LogP contribution in [0.3, 0.4) is 0 Å². The molecule has 4 N–H and O–H groups in total. The Morgan fingerprint density at radius 3 is 2.17 bits per heavy atom. The quantitative estimate of drug-likeness (QED) is 0.203. The molecule has 0 saturated heterocycles. The van der Waals surface area contributed by atoms with Crippen LogP contribution in [0.5, 0.6) is 0 Å². The van der Waals surface area contributed by atoms with Crippen molar-refractivity contribution in [3.63, 3.8) is 0 Å². The lowest BCUT2D eigenvalue weighted by atomic mass is 9.36. The molecule has 0 spiro atoms. The summed E-state index contributed by atoms with van der Waals surface area (Å²) in [4.78, 5) is 38.8. The van der Waals surface area contributed by atoms with E-state index in [1.807, 2.05) is 0 Å². The molecule has 53 heavy (non-hydrogen) atoms. The number of fused-ring (bicyclic) bond motifs is 7. The average molecular weight is 727 g/mol. The first-order chi connectivity index (χ1) is 25.0. The Morgan fingerprint density at radius 2 is 1.47 bits per heavy atom. The zero-order valence-electron chi connectivity index (χ0n) is 32.3. The minimum Gasteiger partial charge on any atom is -0.478 e. The molecule has 7 rings (SSSR count). The van der Waals surface area contributed by atoms with Crippen molar-refractivity contribution >= 4 is 17.8 Å². The zero-order valence-corrected chi connectivity index (χ0v) is 32.3. The molecule has 10 atom stereocenters. The molecule has 2 aromatic carbocycles. The third-order valence-electron chi connectivity index (χ3n) is 16.0. The van der Waals surface area contributed by atoms with Gasteiger partial charge in [-0.3, -0.25) is 9.59 Å². The molecule has 5 fully saturated rings. The van der Waals surface area contributed by atoms with Crippen LogP contribution in [0.1, 0.15) is 131 Å². The number of rotatable bonds is 8. The summed E-state index contributed by atoms with van der Waals surface area (Å²) in [6.07, 6.45) is 10.2. The van der Waals surface area contributed by atoms with Crippen LogP contribution in [0.2, 0.25) is 0 Å². The van der Waals surface area contributed by atoms with Crippen LogP contribution in [-0.2, 0) is 17.9 Å². The number of halogens is 1. The van der Waals surface area contributed by atoms with Crippen LogP contribution in [0.15, 0.2) is 54.6 Å². The molecular formula is C45H59FN2O5. The van der Waals surface area contributed by atoms with Crippen molar-refractivity contribution in [2.24, 2.45) is 57.2 Å². The minimum absolute atomic E-state index is 0.0751. The number of hydrogen-bond donors (Lipinski definition) is 4. The Labute approximate surface area is 314 Å². The van der Waals surface area contributed by atoms with Gasteiger partial charge >= 0.3 is 5.97 Å². The second kappa shape index (κ2) is 13.6. The molecule has 286 valence electrons. The van der Waals surface area contributed by atoms with Gasteiger partial charge in [-0.1, -0.05) is 58.0 Å². The van der Waals surface area contributed by atoms with Crippen molar-refractivity contribution in [2.75, 3.05) is 0 Å². The first-order valence-corrected chi connectivity index (χ1v) is 20.0. The fraction of sp³-hybridized carbons (Fsp3) is 0.622. The summed E-state index contributed by atoms with van der Waals surface area (Å²) in [6, 6.07) is 10.6. The van der Waals surface area contributed by atoms with E-state index in [0.717, 1.165) is 51.4 Å². The van der Waals surface area contributed by atoms with Crippen LogP contribution >= 0.6 is 0 Å². The maximum Gasteiger partial charge on any atom is 0.335 e. The maximum absolute atomic E-state index is 14.9. The third kappa shape index (κ3) is 6.15. The van der Waals surface area contributed by atoms with Gasteiger partial charge in [-0.2, -0.15) is 0 Å². The first-order valence-electron chi connectivity index (χ1n) is 20.0. The lowest BCUT2D eigenvalue weighted by Crippen LogP contribution is -2.64. The zero-order chi connectivity index (χ0) is 38.1. The number of amides is 2. The molecule has 2 amide bonds. The van der Waals surface area contributed by atoms with Crippen molar-refractivity contribution in [3.8, 4) is 0 Å². The second-order valence-electron chi connectivity index (χ2n) is 18.8. The van der Waals surface area contributed by atoms with Crippen LogP contribution in [0, 0.1) is 63.0 Å². The van der Waals surface area contributed by atoms with E-state index >= 15 is 0 Å². The molecule has 0 aromatic heterocycles. The number of benzene rings is 2. The van der Waals surface area contributed by atoms with Crippen LogP contribution in [-0.4, -0.2) is 34.1 Å². The number of carbonyl (C=O) groups excluding carboxylic acids is 2. The summed E-state index contributed by atoms with van der Waals surface area (Å²) < 4.78 is 14.9. The molecule has 8 heteroatoms. The monoisotopic (exact) mass is 726 g/mol. The van der Waals surface area contributed by atoms with Gasteiger partial charge in [0.15, 0.2) is 0 Å². The van der Waals surface area contributed by atoms with Crippen LogP contribution in [0.4, 0.5) is 4.39 Å². The van der Waals surface area contributed by atoms with E-state index in [-0.39, 0.29) is 58.4 Å². The molecule has 5 saturated carbocycles. The fourth-order valence-electron chi connectivity index (χ4n) is 13.5. The van der Waals surface area contributed by atoms with Gasteiger partial charge in [-0.15, -0.1) is 0 Å². The summed E-state index contributed by atoms with van der Waals surface area (Å²) in [5, 5.41) is 26.2. The molecule has 2 aromatic rings. The fourth-order valence-corrected chi connectivity index (χ4v) is 13.5. The van der Waals surface area contributed by atoms with E-state index in [1.54, 1.807) is 18.2 Å². The van der Waals surface area contributed by atoms with Crippen LogP contribution < -0.4 is 10.6 Å². The lowest BCUT2D eigenvalue weighted by Gasteiger charge is -2.69. The van der Waals surface area contributed by atoms with E-state index < -0.39 is 23.1 Å². The van der Waals surface area contributed by atoms with Gasteiger partial charge in [-0.25, -0.2) is 9.18 Å². The topological polar surface area (TPSA) is 116 Å². The lowest BCUT2D eigenvalue weighted by molar-refractivity contribution is -0.216. The smallest absolute Gasteiger partial charge is 0.335 e. The van der Waals surface area contributed by atoms with Crippen molar-refractivity contribution in [1.29, 1.82) is 0 Å². The van der Waals surface area contributed by atoms with Crippen LogP contribution in [0.25, 0.3) is 0 Å². The largest absolute Gasteiger partial charge is 0.478 e. The molecule has 10 unspecified atom stereocenters. The molecule has 5 aliphatic carbocycles. The Bertz CT molecular complexity index is 1790. The van der Waals surface area contributed by atoms with Gasteiger partial charge in [0.25, 0.3) is 5.91 Å². The number of nitrogens with one attached hydrogen (secondary N) is 2. The Hall–Kier alpha value is -3.52. The van der Waals surface area contributed by atoms with E-state index in [9.17, 15) is 23.9 Å². The average Bonchev–Trinajstić information content (AvgIpc) is 3.54. The normalized spacial score (nSPS) is 36.9. The van der Waals surface area contributed by atoms with Crippen molar-refractivity contribution < 1.29 is 29.0 Å². The highest BCUT2D eigenvalue weighted by Gasteiger charge is 2.68. The summed E-state index contributed by atoms with van der Waals surface area (Å²) in [6.45, 7) is 16.7. The first kappa shape index (κ1) is 37.8. The Balaban J connectivity index is 1.07. The molecule has 5 aliphatic rings. The van der Waals surface area contributed by atoms with Gasteiger partial charge in [0.05, 0.1) is 22.6 Å². The molecule has 0 radical (unpaired) electrons. The third-order valence-corrected chi connectivity index (χ3v) is 16.0. The highest BCUT2D eigenvalue weighted by Crippen LogP contribution is 2.73. The summed E-state index contributed by atoms with van der Waals surface area (Å²) >= 11 is 0. The number of aliphatic hydroxyl groups excluding tert-OH is 1. The van der Waals surface area contributed by atoms with Gasteiger partial charge in [0.1, 0.15) is 5.82 Å². The van der Waals surface area contributed by atoms with Crippen molar-refractivity contribution in [3.05, 3.63) is 82.7 Å². The van der Waals surface area contributed by atoms with Crippen molar-refractivity contribution in [2.45, 2.75) is 118 Å². The molecule has 0 heterocycles. The van der Waals surface area contributed by atoms with Gasteiger partial charge in [0, 0.05) is 13.1 Å². The molecular weight excluding hydrogens is 668 g/mol. The number of carbonyl (C=O) groups is 3. The Morgan fingerprint density at radius 1 is 0.811 bits per heavy atom. The van der Waals surface area contributed by atoms with Gasteiger partial charge < -0.3 is 20.8 Å². The predicted octanol–water partition coefficient (Wildman–Crippen LogP) is 8.70. The van der Waals surface area contributed by atoms with Crippen molar-refractivity contribution in [1.82, 2.24) is 10.6 Å².